The number of ether oxygens (including phenoxy) is 2. The molecule has 5 heteroatoms. The SMILES string of the molecule is CCOc1ccc(C(=O)NCc2ccccc2OC)cc1Cl. The van der Waals surface area contributed by atoms with Crippen LogP contribution >= 0.6 is 11.6 Å². The summed E-state index contributed by atoms with van der Waals surface area (Å²) in [5, 5.41) is 3.27. The molecule has 1 N–H and O–H groups in total. The summed E-state index contributed by atoms with van der Waals surface area (Å²) in [6, 6.07) is 12.5. The van der Waals surface area contributed by atoms with E-state index in [0.29, 0.717) is 29.5 Å². The van der Waals surface area contributed by atoms with Crippen molar-refractivity contribution < 1.29 is 14.3 Å². The Labute approximate surface area is 135 Å². The summed E-state index contributed by atoms with van der Waals surface area (Å²) in [7, 11) is 1.60. The summed E-state index contributed by atoms with van der Waals surface area (Å²) in [5.74, 6) is 1.12. The van der Waals surface area contributed by atoms with Gasteiger partial charge in [-0.25, -0.2) is 0 Å². The first-order valence-corrected chi connectivity index (χ1v) is 7.36. The number of methoxy groups -OCH3 is 1. The van der Waals surface area contributed by atoms with Crippen molar-refractivity contribution in [3.05, 3.63) is 58.6 Å². The average molecular weight is 320 g/mol. The van der Waals surface area contributed by atoms with E-state index < -0.39 is 0 Å². The highest BCUT2D eigenvalue weighted by Gasteiger charge is 2.10. The van der Waals surface area contributed by atoms with Gasteiger partial charge < -0.3 is 14.8 Å². The minimum atomic E-state index is -0.198. The van der Waals surface area contributed by atoms with Gasteiger partial charge in [-0.1, -0.05) is 29.8 Å². The van der Waals surface area contributed by atoms with Gasteiger partial charge >= 0.3 is 0 Å². The van der Waals surface area contributed by atoms with Gasteiger partial charge in [0.05, 0.1) is 18.7 Å². The number of hydrogen-bond donors (Lipinski definition) is 1. The van der Waals surface area contributed by atoms with Crippen LogP contribution in [0, 0.1) is 0 Å². The van der Waals surface area contributed by atoms with Gasteiger partial charge in [-0.2, -0.15) is 0 Å². The van der Waals surface area contributed by atoms with E-state index in [2.05, 4.69) is 5.32 Å². The Bertz CT molecular complexity index is 658. The molecule has 0 aliphatic rings. The van der Waals surface area contributed by atoms with E-state index in [1.807, 2.05) is 31.2 Å². The lowest BCUT2D eigenvalue weighted by atomic mass is 10.1. The van der Waals surface area contributed by atoms with E-state index in [1.165, 1.54) is 0 Å². The lowest BCUT2D eigenvalue weighted by Crippen LogP contribution is -2.23. The number of amides is 1. The monoisotopic (exact) mass is 319 g/mol. The quantitative estimate of drug-likeness (QED) is 0.883. The van der Waals surface area contributed by atoms with E-state index in [0.717, 1.165) is 11.3 Å². The Balaban J connectivity index is 2.05. The van der Waals surface area contributed by atoms with Crippen molar-refractivity contribution >= 4 is 17.5 Å². The molecule has 0 saturated heterocycles. The second-order valence-corrected chi connectivity index (χ2v) is 4.98. The van der Waals surface area contributed by atoms with Crippen molar-refractivity contribution in [1.29, 1.82) is 0 Å². The molecular formula is C17H18ClNO3. The lowest BCUT2D eigenvalue weighted by molar-refractivity contribution is 0.0950. The summed E-state index contributed by atoms with van der Waals surface area (Å²) >= 11 is 6.09. The predicted molar refractivity (Wildman–Crippen MR) is 86.8 cm³/mol. The van der Waals surface area contributed by atoms with Crippen LogP contribution in [-0.2, 0) is 6.54 Å². The molecule has 0 saturated carbocycles. The Morgan fingerprint density at radius 3 is 2.64 bits per heavy atom. The van der Waals surface area contributed by atoms with Crippen LogP contribution in [0.2, 0.25) is 5.02 Å². The minimum Gasteiger partial charge on any atom is -0.496 e. The van der Waals surface area contributed by atoms with E-state index in [-0.39, 0.29) is 5.91 Å². The van der Waals surface area contributed by atoms with E-state index in [4.69, 9.17) is 21.1 Å². The van der Waals surface area contributed by atoms with Crippen LogP contribution in [0.1, 0.15) is 22.8 Å². The Morgan fingerprint density at radius 2 is 1.95 bits per heavy atom. The Kier molecular flexibility index (Phi) is 5.67. The number of rotatable bonds is 6. The molecule has 116 valence electrons. The van der Waals surface area contributed by atoms with Crippen molar-refractivity contribution in [3.8, 4) is 11.5 Å². The zero-order valence-corrected chi connectivity index (χ0v) is 13.3. The molecule has 0 aliphatic heterocycles. The highest BCUT2D eigenvalue weighted by molar-refractivity contribution is 6.32. The number of halogens is 1. The predicted octanol–water partition coefficient (Wildman–Crippen LogP) is 3.68. The smallest absolute Gasteiger partial charge is 0.251 e. The van der Waals surface area contributed by atoms with Gasteiger partial charge in [0.2, 0.25) is 0 Å². The first-order chi connectivity index (χ1) is 10.7. The van der Waals surface area contributed by atoms with Gasteiger partial charge in [-0.05, 0) is 31.2 Å². The largest absolute Gasteiger partial charge is 0.496 e. The molecule has 0 bridgehead atoms. The lowest BCUT2D eigenvalue weighted by Gasteiger charge is -2.10. The maximum Gasteiger partial charge on any atom is 0.251 e. The standard InChI is InChI=1S/C17H18ClNO3/c1-3-22-16-9-8-12(10-14(16)18)17(20)19-11-13-6-4-5-7-15(13)21-2/h4-10H,3,11H2,1-2H3,(H,19,20). The molecule has 0 fully saturated rings. The number of nitrogens with one attached hydrogen (secondary N) is 1. The summed E-state index contributed by atoms with van der Waals surface area (Å²) < 4.78 is 10.6. The summed E-state index contributed by atoms with van der Waals surface area (Å²) in [6.45, 7) is 2.79. The number of carbonyl (C=O) groups is 1. The van der Waals surface area contributed by atoms with Crippen LogP contribution in [0.5, 0.6) is 11.5 Å². The van der Waals surface area contributed by atoms with Gasteiger partial charge in [0, 0.05) is 17.7 Å². The molecule has 2 aromatic carbocycles. The number of para-hydroxylation sites is 1. The molecular weight excluding hydrogens is 302 g/mol. The van der Waals surface area contributed by atoms with Crippen LogP contribution in [0.3, 0.4) is 0 Å². The molecule has 4 nitrogen and oxygen atoms in total. The van der Waals surface area contributed by atoms with Crippen LogP contribution in [-0.4, -0.2) is 19.6 Å². The van der Waals surface area contributed by atoms with Crippen LogP contribution in [0.25, 0.3) is 0 Å². The van der Waals surface area contributed by atoms with Gasteiger partial charge in [0.1, 0.15) is 11.5 Å². The van der Waals surface area contributed by atoms with Gasteiger partial charge in [-0.15, -0.1) is 0 Å². The van der Waals surface area contributed by atoms with E-state index in [1.54, 1.807) is 25.3 Å². The summed E-state index contributed by atoms with van der Waals surface area (Å²) in [4.78, 5) is 12.2. The van der Waals surface area contributed by atoms with Gasteiger partial charge in [-0.3, -0.25) is 4.79 Å². The summed E-state index contributed by atoms with van der Waals surface area (Å²) in [5.41, 5.74) is 1.40. The Morgan fingerprint density at radius 1 is 1.18 bits per heavy atom. The Hall–Kier alpha value is -2.20. The molecule has 0 aromatic heterocycles. The van der Waals surface area contributed by atoms with Crippen LogP contribution in [0.15, 0.2) is 42.5 Å². The third-order valence-corrected chi connectivity index (χ3v) is 3.42. The van der Waals surface area contributed by atoms with Crippen molar-refractivity contribution in [1.82, 2.24) is 5.32 Å². The fourth-order valence-corrected chi connectivity index (χ4v) is 2.28. The van der Waals surface area contributed by atoms with Crippen molar-refractivity contribution in [2.24, 2.45) is 0 Å². The minimum absolute atomic E-state index is 0.198. The molecule has 2 aromatic rings. The fourth-order valence-electron chi connectivity index (χ4n) is 2.04. The molecule has 0 heterocycles. The third kappa shape index (κ3) is 3.92. The topological polar surface area (TPSA) is 47.6 Å². The van der Waals surface area contributed by atoms with E-state index in [9.17, 15) is 4.79 Å². The molecule has 1 amide bonds. The van der Waals surface area contributed by atoms with Crippen LogP contribution < -0.4 is 14.8 Å². The molecule has 0 unspecified atom stereocenters. The second-order valence-electron chi connectivity index (χ2n) is 4.57. The zero-order valence-electron chi connectivity index (χ0n) is 12.6. The molecule has 0 radical (unpaired) electrons. The normalized spacial score (nSPS) is 10.1. The molecule has 0 spiro atoms. The fraction of sp³-hybridized carbons (Fsp3) is 0.235. The first kappa shape index (κ1) is 16.2. The van der Waals surface area contributed by atoms with Crippen molar-refractivity contribution in [2.45, 2.75) is 13.5 Å². The third-order valence-electron chi connectivity index (χ3n) is 3.13. The van der Waals surface area contributed by atoms with Crippen molar-refractivity contribution in [2.75, 3.05) is 13.7 Å². The van der Waals surface area contributed by atoms with Crippen molar-refractivity contribution in [3.63, 3.8) is 0 Å². The van der Waals surface area contributed by atoms with Gasteiger partial charge in [0.15, 0.2) is 0 Å². The van der Waals surface area contributed by atoms with Gasteiger partial charge in [0.25, 0.3) is 5.91 Å². The highest BCUT2D eigenvalue weighted by Crippen LogP contribution is 2.25. The second kappa shape index (κ2) is 7.71. The molecule has 0 atom stereocenters. The molecule has 22 heavy (non-hydrogen) atoms. The maximum absolute atomic E-state index is 12.2. The van der Waals surface area contributed by atoms with E-state index >= 15 is 0 Å². The maximum atomic E-state index is 12.2. The van der Waals surface area contributed by atoms with Crippen LogP contribution in [0.4, 0.5) is 0 Å². The molecule has 0 aliphatic carbocycles. The zero-order chi connectivity index (χ0) is 15.9. The highest BCUT2D eigenvalue weighted by atomic mass is 35.5. The summed E-state index contributed by atoms with van der Waals surface area (Å²) in [6.07, 6.45) is 0. The number of hydrogen-bond acceptors (Lipinski definition) is 3. The average Bonchev–Trinajstić information content (AvgIpc) is 2.54. The molecule has 2 rings (SSSR count). The number of benzene rings is 2. The number of carbonyl (C=O) groups excluding carboxylic acids is 1. The first-order valence-electron chi connectivity index (χ1n) is 6.98.